The molecule has 0 aliphatic carbocycles. The molecular weight excluding hydrogens is 334 g/mol. The second kappa shape index (κ2) is 5.48. The number of aromatic amines is 2. The second-order valence-corrected chi connectivity index (χ2v) is 4.23. The average molecular weight is 340 g/mol. The van der Waals surface area contributed by atoms with Crippen molar-refractivity contribution in [3.05, 3.63) is 56.4 Å². The van der Waals surface area contributed by atoms with Crippen molar-refractivity contribution in [3.8, 4) is 11.5 Å². The molecule has 0 amide bonds. The first-order chi connectivity index (χ1) is 10.5. The van der Waals surface area contributed by atoms with Gasteiger partial charge in [0, 0.05) is 0 Å². The molecule has 0 aromatic carbocycles. The van der Waals surface area contributed by atoms with Crippen LogP contribution in [0.15, 0.2) is 33.9 Å². The summed E-state index contributed by atoms with van der Waals surface area (Å²) in [4.78, 5) is 25.9. The van der Waals surface area contributed by atoms with Gasteiger partial charge in [-0.15, -0.1) is 0 Å². The Hall–Kier alpha value is -2.72. The minimum absolute atomic E-state index is 0.495. The van der Waals surface area contributed by atoms with Gasteiger partial charge in [0.25, 0.3) is 11.1 Å². The molecule has 0 unspecified atom stereocenters. The Morgan fingerprint density at radius 1 is 0.696 bits per heavy atom. The fraction of sp³-hybridized carbons (Fsp3) is 0.167. The minimum Gasteiger partial charge on any atom is -0.446 e. The number of alkyl halides is 6. The first-order valence-electron chi connectivity index (χ1n) is 5.77. The van der Waals surface area contributed by atoms with E-state index in [1.54, 1.807) is 0 Å². The van der Waals surface area contributed by atoms with Crippen LogP contribution in [-0.2, 0) is 12.4 Å². The Bertz CT molecular complexity index is 765. The Labute approximate surface area is 122 Å². The highest BCUT2D eigenvalue weighted by atomic mass is 19.4. The van der Waals surface area contributed by atoms with Crippen molar-refractivity contribution in [1.29, 1.82) is 0 Å². The van der Waals surface area contributed by atoms with E-state index in [1.165, 1.54) is 9.97 Å². The molecule has 2 aromatic rings. The maximum absolute atomic E-state index is 12.4. The molecule has 23 heavy (non-hydrogen) atoms. The first-order valence-corrected chi connectivity index (χ1v) is 5.77. The van der Waals surface area contributed by atoms with Crippen LogP contribution in [0.5, 0.6) is 11.5 Å². The van der Waals surface area contributed by atoms with Crippen LogP contribution in [0, 0.1) is 0 Å². The van der Waals surface area contributed by atoms with Crippen molar-refractivity contribution in [1.82, 2.24) is 9.97 Å². The fourth-order valence-corrected chi connectivity index (χ4v) is 1.53. The largest absolute Gasteiger partial charge is 0.446 e. The van der Waals surface area contributed by atoms with E-state index in [-0.39, 0.29) is 0 Å². The lowest BCUT2D eigenvalue weighted by Gasteiger charge is -2.09. The SMILES string of the molecule is O=c1[nH]c(C(F)(F)F)ccc1Oc1ccc(C(F)(F)F)[nH]c1=O. The molecule has 124 valence electrons. The maximum Gasteiger partial charge on any atom is 0.431 e. The maximum atomic E-state index is 12.4. The van der Waals surface area contributed by atoms with E-state index in [9.17, 15) is 35.9 Å². The van der Waals surface area contributed by atoms with Crippen molar-refractivity contribution in [2.45, 2.75) is 12.4 Å². The molecule has 5 nitrogen and oxygen atoms in total. The summed E-state index contributed by atoms with van der Waals surface area (Å²) in [5.41, 5.74) is -5.26. The van der Waals surface area contributed by atoms with E-state index in [2.05, 4.69) is 0 Å². The van der Waals surface area contributed by atoms with Gasteiger partial charge in [-0.2, -0.15) is 26.3 Å². The standard InChI is InChI=1S/C12H6F6N2O3/c13-11(14,15)7-3-1-5(9(21)19-7)23-6-2-4-8(12(16,17)18)20-10(6)22/h1-4H,(H,19,21)(H,20,22). The number of nitrogens with one attached hydrogen (secondary N) is 2. The lowest BCUT2D eigenvalue weighted by atomic mass is 10.3. The lowest BCUT2D eigenvalue weighted by molar-refractivity contribution is -0.142. The number of ether oxygens (including phenoxy) is 1. The van der Waals surface area contributed by atoms with Crippen LogP contribution in [0.2, 0.25) is 0 Å². The molecule has 0 aliphatic heterocycles. The number of H-pyrrole nitrogens is 2. The molecule has 11 heteroatoms. The van der Waals surface area contributed by atoms with E-state index in [0.717, 1.165) is 0 Å². The monoisotopic (exact) mass is 340 g/mol. The van der Waals surface area contributed by atoms with Gasteiger partial charge in [-0.05, 0) is 24.3 Å². The molecule has 2 heterocycles. The topological polar surface area (TPSA) is 75.0 Å². The molecule has 2 N–H and O–H groups in total. The van der Waals surface area contributed by atoms with Gasteiger partial charge in [0.2, 0.25) is 0 Å². The molecule has 2 rings (SSSR count). The summed E-state index contributed by atoms with van der Waals surface area (Å²) in [6, 6.07) is 2.29. The van der Waals surface area contributed by atoms with Gasteiger partial charge in [-0.25, -0.2) is 0 Å². The Morgan fingerprint density at radius 3 is 1.30 bits per heavy atom. The van der Waals surface area contributed by atoms with Crippen molar-refractivity contribution in [2.24, 2.45) is 0 Å². The third kappa shape index (κ3) is 3.73. The molecule has 0 saturated carbocycles. The van der Waals surface area contributed by atoms with Gasteiger partial charge in [0.15, 0.2) is 11.5 Å². The van der Waals surface area contributed by atoms with Crippen LogP contribution in [-0.4, -0.2) is 9.97 Å². The van der Waals surface area contributed by atoms with Gasteiger partial charge in [0.05, 0.1) is 0 Å². The molecule has 0 spiro atoms. The molecule has 0 aliphatic rings. The highest BCUT2D eigenvalue weighted by molar-refractivity contribution is 5.29. The zero-order chi connectivity index (χ0) is 17.4. The molecule has 0 radical (unpaired) electrons. The number of rotatable bonds is 2. The van der Waals surface area contributed by atoms with E-state index >= 15 is 0 Å². The normalized spacial score (nSPS) is 12.3. The molecule has 0 saturated heterocycles. The average Bonchev–Trinajstić information content (AvgIpc) is 2.40. The number of hydrogen-bond donors (Lipinski definition) is 2. The quantitative estimate of drug-likeness (QED) is 0.826. The van der Waals surface area contributed by atoms with Crippen LogP contribution in [0.25, 0.3) is 0 Å². The number of aromatic nitrogens is 2. The van der Waals surface area contributed by atoms with Gasteiger partial charge in [0.1, 0.15) is 11.4 Å². The van der Waals surface area contributed by atoms with Gasteiger partial charge < -0.3 is 14.7 Å². The summed E-state index contributed by atoms with van der Waals surface area (Å²) in [5, 5.41) is 0. The Morgan fingerprint density at radius 2 is 1.04 bits per heavy atom. The summed E-state index contributed by atoms with van der Waals surface area (Å²) in [7, 11) is 0. The summed E-state index contributed by atoms with van der Waals surface area (Å²) < 4.78 is 79.0. The zero-order valence-corrected chi connectivity index (χ0v) is 10.8. The highest BCUT2D eigenvalue weighted by Crippen LogP contribution is 2.29. The summed E-state index contributed by atoms with van der Waals surface area (Å²) >= 11 is 0. The molecule has 0 atom stereocenters. The minimum atomic E-state index is -4.79. The number of pyridine rings is 2. The van der Waals surface area contributed by atoms with Crippen LogP contribution in [0.3, 0.4) is 0 Å². The van der Waals surface area contributed by atoms with E-state index in [4.69, 9.17) is 4.74 Å². The van der Waals surface area contributed by atoms with E-state index < -0.39 is 46.4 Å². The number of hydrogen-bond acceptors (Lipinski definition) is 3. The number of halogens is 6. The van der Waals surface area contributed by atoms with Crippen LogP contribution in [0.1, 0.15) is 11.4 Å². The molecule has 0 fully saturated rings. The summed E-state index contributed by atoms with van der Waals surface area (Å²) in [6.45, 7) is 0. The molecular formula is C12H6F6N2O3. The van der Waals surface area contributed by atoms with Crippen molar-refractivity contribution in [2.75, 3.05) is 0 Å². The zero-order valence-electron chi connectivity index (χ0n) is 10.8. The summed E-state index contributed by atoms with van der Waals surface area (Å²) in [5.74, 6) is -1.36. The van der Waals surface area contributed by atoms with Crippen LogP contribution < -0.4 is 15.9 Å². The predicted molar refractivity (Wildman–Crippen MR) is 64.2 cm³/mol. The fourth-order valence-electron chi connectivity index (χ4n) is 1.53. The van der Waals surface area contributed by atoms with Crippen molar-refractivity contribution in [3.63, 3.8) is 0 Å². The van der Waals surface area contributed by atoms with Crippen molar-refractivity contribution < 1.29 is 31.1 Å². The van der Waals surface area contributed by atoms with Crippen LogP contribution >= 0.6 is 0 Å². The van der Waals surface area contributed by atoms with Gasteiger partial charge in [-0.3, -0.25) is 9.59 Å². The summed E-state index contributed by atoms with van der Waals surface area (Å²) in [6.07, 6.45) is -9.58. The van der Waals surface area contributed by atoms with E-state index in [0.29, 0.717) is 24.3 Å². The predicted octanol–water partition coefficient (Wildman–Crippen LogP) is 2.89. The highest BCUT2D eigenvalue weighted by Gasteiger charge is 2.33. The Balaban J connectivity index is 2.34. The Kier molecular flexibility index (Phi) is 3.97. The van der Waals surface area contributed by atoms with Crippen molar-refractivity contribution >= 4 is 0 Å². The van der Waals surface area contributed by atoms with Crippen LogP contribution in [0.4, 0.5) is 26.3 Å². The van der Waals surface area contributed by atoms with E-state index in [1.807, 2.05) is 0 Å². The molecule has 2 aromatic heterocycles. The van der Waals surface area contributed by atoms with Gasteiger partial charge >= 0.3 is 12.4 Å². The second-order valence-electron chi connectivity index (χ2n) is 4.23. The lowest BCUT2D eigenvalue weighted by Crippen LogP contribution is -2.20. The smallest absolute Gasteiger partial charge is 0.431 e. The molecule has 0 bridgehead atoms. The first kappa shape index (κ1) is 16.6. The third-order valence-electron chi connectivity index (χ3n) is 2.58. The van der Waals surface area contributed by atoms with Gasteiger partial charge in [-0.1, -0.05) is 0 Å². The third-order valence-corrected chi connectivity index (χ3v) is 2.58.